The van der Waals surface area contributed by atoms with Crippen LogP contribution in [0, 0.1) is 0 Å². The Kier molecular flexibility index (Phi) is 7.55. The van der Waals surface area contributed by atoms with Crippen LogP contribution >= 0.6 is 0 Å². The van der Waals surface area contributed by atoms with Crippen LogP contribution in [-0.4, -0.2) is 37.4 Å². The van der Waals surface area contributed by atoms with Gasteiger partial charge >= 0.3 is 15.1 Å². The summed E-state index contributed by atoms with van der Waals surface area (Å²) >= 11 is -2.11. The highest BCUT2D eigenvalue weighted by Gasteiger charge is 2.42. The van der Waals surface area contributed by atoms with Gasteiger partial charge in [-0.2, -0.15) is 0 Å². The molecule has 104 valence electrons. The summed E-state index contributed by atoms with van der Waals surface area (Å²) in [5.41, 5.74) is -0.686. The van der Waals surface area contributed by atoms with Crippen molar-refractivity contribution in [3.8, 4) is 0 Å². The van der Waals surface area contributed by atoms with Crippen LogP contribution in [0.4, 0.5) is 0 Å². The summed E-state index contributed by atoms with van der Waals surface area (Å²) in [5.74, 6) is 0. The third-order valence-electron chi connectivity index (χ3n) is 1.35. The van der Waals surface area contributed by atoms with E-state index in [9.17, 15) is 0 Å². The van der Waals surface area contributed by atoms with Gasteiger partial charge in [-0.1, -0.05) is 0 Å². The van der Waals surface area contributed by atoms with Crippen molar-refractivity contribution >= 4 is 15.1 Å². The van der Waals surface area contributed by atoms with Gasteiger partial charge in [0.1, 0.15) is 0 Å². The zero-order valence-electron chi connectivity index (χ0n) is 12.8. The van der Waals surface area contributed by atoms with Gasteiger partial charge in [0.2, 0.25) is 0 Å². The quantitative estimate of drug-likeness (QED) is 0.736. The molecule has 0 fully saturated rings. The Morgan fingerprint density at radius 2 is 0.706 bits per heavy atom. The highest BCUT2D eigenvalue weighted by Crippen LogP contribution is 2.20. The lowest BCUT2D eigenvalue weighted by atomic mass is 10.2. The summed E-state index contributed by atoms with van der Waals surface area (Å²) in [6, 6.07) is 0. The number of rotatable bonds is 3. The van der Waals surface area contributed by atoms with Crippen molar-refractivity contribution in [1.29, 1.82) is 0 Å². The van der Waals surface area contributed by atoms with E-state index in [1.165, 1.54) is 0 Å². The van der Waals surface area contributed by atoms with E-state index in [4.69, 9.17) is 11.4 Å². The molecule has 0 aromatic rings. The summed E-state index contributed by atoms with van der Waals surface area (Å²) in [5, 5.41) is 0. The molecule has 0 aliphatic rings. The Hall–Kier alpha value is 0.372. The summed E-state index contributed by atoms with van der Waals surface area (Å²) in [6.07, 6.45) is 0. The van der Waals surface area contributed by atoms with Crippen LogP contribution in [0.3, 0.4) is 0 Å². The van der Waals surface area contributed by atoms with Gasteiger partial charge in [-0.3, -0.25) is 0 Å². The van der Waals surface area contributed by atoms with Crippen molar-refractivity contribution < 1.29 is 16.8 Å². The summed E-state index contributed by atoms with van der Waals surface area (Å²) < 4.78 is 17.7. The molecule has 2 N–H and O–H groups in total. The topological polar surface area (TPSA) is 59.2 Å². The zero-order valence-corrected chi connectivity index (χ0v) is 14.0. The van der Waals surface area contributed by atoms with Gasteiger partial charge < -0.3 is 16.8 Å². The summed E-state index contributed by atoms with van der Waals surface area (Å²) in [6.45, 7) is 18.2. The number of hydrogen-bond donors (Lipinski definition) is 0. The monoisotopic (exact) mass is 264 g/mol. The molecular formula is C12H29AlO4. The average Bonchev–Trinajstić information content (AvgIpc) is 1.70. The second-order valence-electron chi connectivity index (χ2n) is 6.98. The van der Waals surface area contributed by atoms with Crippen LogP contribution in [0.15, 0.2) is 0 Å². The van der Waals surface area contributed by atoms with E-state index < -0.39 is 15.1 Å². The maximum Gasteiger partial charge on any atom is 0.906 e. The second-order valence-corrected chi connectivity index (χ2v) is 8.26. The van der Waals surface area contributed by atoms with E-state index in [1.54, 1.807) is 0 Å². The zero-order chi connectivity index (χ0) is 13.2. The third-order valence-corrected chi connectivity index (χ3v) is 4.05. The van der Waals surface area contributed by atoms with E-state index in [0.717, 1.165) is 0 Å². The lowest BCUT2D eigenvalue weighted by Gasteiger charge is -2.33. The largest absolute Gasteiger partial charge is 0.906 e. The van der Waals surface area contributed by atoms with Crippen LogP contribution in [0.5, 0.6) is 0 Å². The van der Waals surface area contributed by atoms with E-state index in [1.807, 2.05) is 62.3 Å². The standard InChI is InChI=1S/3C4H9O.Al.H2O/c3*1-4(2,3)5;;/h3*1-3H3;;1H2/q3*-1;+3;. The van der Waals surface area contributed by atoms with Gasteiger partial charge in [0.05, 0.1) is 0 Å². The summed E-state index contributed by atoms with van der Waals surface area (Å²) in [7, 11) is 0. The minimum atomic E-state index is -2.11. The van der Waals surface area contributed by atoms with Crippen molar-refractivity contribution in [3.05, 3.63) is 0 Å². The molecule has 0 aliphatic heterocycles. The molecule has 5 heteroatoms. The van der Waals surface area contributed by atoms with Crippen molar-refractivity contribution in [1.82, 2.24) is 0 Å². The predicted molar refractivity (Wildman–Crippen MR) is 71.9 cm³/mol. The molecule has 0 aliphatic carbocycles. The highest BCUT2D eigenvalue weighted by molar-refractivity contribution is 6.36. The molecule has 0 aromatic carbocycles. The lowest BCUT2D eigenvalue weighted by molar-refractivity contribution is -0.0503. The molecule has 0 amide bonds. The van der Waals surface area contributed by atoms with Crippen molar-refractivity contribution in [2.24, 2.45) is 0 Å². The van der Waals surface area contributed by atoms with E-state index >= 15 is 0 Å². The Morgan fingerprint density at radius 3 is 0.824 bits per heavy atom. The molecule has 0 saturated heterocycles. The molecule has 0 saturated carbocycles. The van der Waals surface area contributed by atoms with Crippen molar-refractivity contribution in [3.63, 3.8) is 0 Å². The SMILES string of the molecule is CC(C)(C)[O][Al]([O]C(C)(C)C)[O]C(C)(C)C.O. The molecule has 0 atom stereocenters. The van der Waals surface area contributed by atoms with Crippen LogP contribution in [0.2, 0.25) is 0 Å². The van der Waals surface area contributed by atoms with Gasteiger partial charge in [0.15, 0.2) is 0 Å². The molecule has 0 unspecified atom stereocenters. The first kappa shape index (κ1) is 19.7. The maximum absolute atomic E-state index is 5.88. The first-order valence-electron chi connectivity index (χ1n) is 5.82. The van der Waals surface area contributed by atoms with Gasteiger partial charge in [-0.15, -0.1) is 0 Å². The van der Waals surface area contributed by atoms with E-state index in [0.29, 0.717) is 0 Å². The van der Waals surface area contributed by atoms with Crippen molar-refractivity contribution in [2.45, 2.75) is 79.1 Å². The van der Waals surface area contributed by atoms with Gasteiger partial charge in [-0.25, -0.2) is 0 Å². The van der Waals surface area contributed by atoms with E-state index in [-0.39, 0.29) is 22.3 Å². The Morgan fingerprint density at radius 1 is 0.529 bits per heavy atom. The Labute approximate surface area is 111 Å². The van der Waals surface area contributed by atoms with Gasteiger partial charge in [-0.05, 0) is 62.3 Å². The van der Waals surface area contributed by atoms with Crippen molar-refractivity contribution in [2.75, 3.05) is 0 Å². The van der Waals surface area contributed by atoms with E-state index in [2.05, 4.69) is 0 Å². The molecular weight excluding hydrogens is 235 g/mol. The maximum atomic E-state index is 5.88. The minimum absolute atomic E-state index is 0. The molecule has 0 bridgehead atoms. The highest BCUT2D eigenvalue weighted by atomic mass is 27.3. The molecule has 17 heavy (non-hydrogen) atoms. The normalized spacial score (nSPS) is 13.2. The van der Waals surface area contributed by atoms with Crippen LogP contribution in [-0.2, 0) is 11.4 Å². The minimum Gasteiger partial charge on any atom is -0.450 e. The molecule has 0 spiro atoms. The Bertz CT molecular complexity index is 172. The molecule has 0 rings (SSSR count). The van der Waals surface area contributed by atoms with Gasteiger partial charge in [0.25, 0.3) is 0 Å². The molecule has 4 nitrogen and oxygen atoms in total. The van der Waals surface area contributed by atoms with Crippen LogP contribution in [0.25, 0.3) is 0 Å². The smallest absolute Gasteiger partial charge is 0.450 e. The molecule has 0 aromatic heterocycles. The first-order valence-corrected chi connectivity index (χ1v) is 7.23. The third kappa shape index (κ3) is 14.3. The van der Waals surface area contributed by atoms with Crippen LogP contribution in [0.1, 0.15) is 62.3 Å². The predicted octanol–water partition coefficient (Wildman–Crippen LogP) is 2.59. The fourth-order valence-corrected chi connectivity index (χ4v) is 2.81. The second kappa shape index (κ2) is 6.51. The Balaban J connectivity index is 0. The lowest BCUT2D eigenvalue weighted by Crippen LogP contribution is -2.44. The van der Waals surface area contributed by atoms with Crippen LogP contribution < -0.4 is 0 Å². The average molecular weight is 264 g/mol. The first-order chi connectivity index (χ1) is 6.79. The molecule has 0 heterocycles. The fourth-order valence-electron chi connectivity index (χ4n) is 0.938. The fraction of sp³-hybridized carbons (Fsp3) is 1.00. The summed E-state index contributed by atoms with van der Waals surface area (Å²) in [4.78, 5) is 0. The number of hydrogen-bond acceptors (Lipinski definition) is 3. The van der Waals surface area contributed by atoms with Gasteiger partial charge in [0, 0.05) is 16.8 Å². The molecule has 0 radical (unpaired) electrons.